The largest absolute Gasteiger partial charge is 0.416 e. The number of halogens is 3. The molecular formula is C27H25F3N4. The van der Waals surface area contributed by atoms with Crippen molar-refractivity contribution >= 4 is 5.69 Å². The minimum absolute atomic E-state index is 0.604. The van der Waals surface area contributed by atoms with Gasteiger partial charge in [-0.25, -0.2) is 4.98 Å². The van der Waals surface area contributed by atoms with Crippen LogP contribution in [0.15, 0.2) is 91.1 Å². The van der Waals surface area contributed by atoms with E-state index in [9.17, 15) is 13.2 Å². The van der Waals surface area contributed by atoms with Crippen LogP contribution in [0.5, 0.6) is 0 Å². The molecule has 1 aliphatic rings. The van der Waals surface area contributed by atoms with E-state index in [1.807, 2.05) is 41.3 Å². The Bertz CT molecular complexity index is 1170. The SMILES string of the molecule is FC(F)(F)c1cccc(N2CCN(Cc3cn(-c4ccccc4)c(-c4ccccc4)n3)CC2)c1. The molecule has 0 saturated carbocycles. The zero-order valence-electron chi connectivity index (χ0n) is 18.6. The maximum absolute atomic E-state index is 13.1. The normalized spacial score (nSPS) is 15.0. The summed E-state index contributed by atoms with van der Waals surface area (Å²) in [5.74, 6) is 0.893. The number of piperazine rings is 1. The second kappa shape index (κ2) is 9.35. The fourth-order valence-electron chi connectivity index (χ4n) is 4.35. The van der Waals surface area contributed by atoms with Gasteiger partial charge in [-0.2, -0.15) is 13.2 Å². The molecule has 3 aromatic carbocycles. The molecule has 0 unspecified atom stereocenters. The highest BCUT2D eigenvalue weighted by Crippen LogP contribution is 2.32. The molecular weight excluding hydrogens is 437 g/mol. The van der Waals surface area contributed by atoms with Crippen LogP contribution in [-0.2, 0) is 12.7 Å². The van der Waals surface area contributed by atoms with E-state index in [2.05, 4.69) is 39.9 Å². The minimum Gasteiger partial charge on any atom is -0.369 e. The summed E-state index contributed by atoms with van der Waals surface area (Å²) >= 11 is 0. The van der Waals surface area contributed by atoms with Crippen molar-refractivity contribution in [2.24, 2.45) is 0 Å². The molecule has 7 heteroatoms. The highest BCUT2D eigenvalue weighted by Gasteiger charge is 2.31. The van der Waals surface area contributed by atoms with Crippen LogP contribution in [0, 0.1) is 0 Å². The van der Waals surface area contributed by atoms with E-state index in [1.165, 1.54) is 12.1 Å². The third kappa shape index (κ3) is 4.84. The van der Waals surface area contributed by atoms with Crippen molar-refractivity contribution in [2.75, 3.05) is 31.1 Å². The molecule has 1 saturated heterocycles. The van der Waals surface area contributed by atoms with Crippen molar-refractivity contribution in [1.29, 1.82) is 0 Å². The zero-order chi connectivity index (χ0) is 23.5. The van der Waals surface area contributed by atoms with Crippen molar-refractivity contribution in [3.8, 4) is 17.1 Å². The molecule has 0 radical (unpaired) electrons. The predicted molar refractivity (Wildman–Crippen MR) is 128 cm³/mol. The molecule has 4 nitrogen and oxygen atoms in total. The number of anilines is 1. The number of alkyl halides is 3. The van der Waals surface area contributed by atoms with Gasteiger partial charge in [0.15, 0.2) is 0 Å². The number of hydrogen-bond donors (Lipinski definition) is 0. The van der Waals surface area contributed by atoms with Gasteiger partial charge in [0.05, 0.1) is 11.3 Å². The summed E-state index contributed by atoms with van der Waals surface area (Å²) in [6, 6.07) is 25.8. The summed E-state index contributed by atoms with van der Waals surface area (Å²) < 4.78 is 41.4. The summed E-state index contributed by atoms with van der Waals surface area (Å²) in [7, 11) is 0. The van der Waals surface area contributed by atoms with Crippen LogP contribution in [0.1, 0.15) is 11.3 Å². The van der Waals surface area contributed by atoms with Gasteiger partial charge in [-0.05, 0) is 30.3 Å². The number of rotatable bonds is 5. The number of hydrogen-bond acceptors (Lipinski definition) is 3. The van der Waals surface area contributed by atoms with Gasteiger partial charge in [0, 0.05) is 55.9 Å². The van der Waals surface area contributed by atoms with Gasteiger partial charge in [0.25, 0.3) is 0 Å². The van der Waals surface area contributed by atoms with Crippen LogP contribution in [0.25, 0.3) is 17.1 Å². The van der Waals surface area contributed by atoms with Gasteiger partial charge in [-0.3, -0.25) is 9.47 Å². The fraction of sp³-hybridized carbons (Fsp3) is 0.222. The quantitative estimate of drug-likeness (QED) is 0.370. The fourth-order valence-corrected chi connectivity index (χ4v) is 4.35. The number of nitrogens with zero attached hydrogens (tertiary/aromatic N) is 4. The Morgan fingerprint density at radius 2 is 1.38 bits per heavy atom. The first-order chi connectivity index (χ1) is 16.5. The number of aromatic nitrogens is 2. The molecule has 4 aromatic rings. The van der Waals surface area contributed by atoms with Crippen LogP contribution in [0.4, 0.5) is 18.9 Å². The van der Waals surface area contributed by atoms with E-state index in [0.717, 1.165) is 41.9 Å². The minimum atomic E-state index is -4.33. The van der Waals surface area contributed by atoms with Gasteiger partial charge in [-0.15, -0.1) is 0 Å². The highest BCUT2D eigenvalue weighted by atomic mass is 19.4. The van der Waals surface area contributed by atoms with E-state index in [0.29, 0.717) is 25.3 Å². The van der Waals surface area contributed by atoms with Crippen molar-refractivity contribution in [3.63, 3.8) is 0 Å². The van der Waals surface area contributed by atoms with E-state index < -0.39 is 11.7 Å². The van der Waals surface area contributed by atoms with Gasteiger partial charge < -0.3 is 4.90 Å². The third-order valence-corrected chi connectivity index (χ3v) is 6.12. The second-order valence-electron chi connectivity index (χ2n) is 8.44. The molecule has 0 spiro atoms. The Hall–Kier alpha value is -3.58. The lowest BCUT2D eigenvalue weighted by molar-refractivity contribution is -0.137. The number of benzene rings is 3. The monoisotopic (exact) mass is 462 g/mol. The first-order valence-corrected chi connectivity index (χ1v) is 11.3. The van der Waals surface area contributed by atoms with Gasteiger partial charge in [0.1, 0.15) is 5.82 Å². The molecule has 2 heterocycles. The van der Waals surface area contributed by atoms with Crippen molar-refractivity contribution in [1.82, 2.24) is 14.5 Å². The second-order valence-corrected chi connectivity index (χ2v) is 8.44. The van der Waals surface area contributed by atoms with Crippen LogP contribution in [0.2, 0.25) is 0 Å². The molecule has 174 valence electrons. The summed E-state index contributed by atoms with van der Waals surface area (Å²) in [5.41, 5.74) is 3.08. The lowest BCUT2D eigenvalue weighted by Gasteiger charge is -2.36. The van der Waals surface area contributed by atoms with Gasteiger partial charge >= 0.3 is 6.18 Å². The summed E-state index contributed by atoms with van der Waals surface area (Å²) in [4.78, 5) is 9.27. The van der Waals surface area contributed by atoms with Crippen molar-refractivity contribution in [2.45, 2.75) is 12.7 Å². The standard InChI is InChI=1S/C27H25F3N4/c28-27(29,30)22-10-7-13-25(18-22)33-16-14-32(15-17-33)19-23-20-34(24-11-5-2-6-12-24)26(31-23)21-8-3-1-4-9-21/h1-13,18,20H,14-17,19H2. The topological polar surface area (TPSA) is 24.3 Å². The van der Waals surface area contributed by atoms with Crippen LogP contribution >= 0.6 is 0 Å². The van der Waals surface area contributed by atoms with Crippen molar-refractivity contribution in [3.05, 3.63) is 102 Å². The smallest absolute Gasteiger partial charge is 0.369 e. The molecule has 1 fully saturated rings. The Morgan fingerprint density at radius 3 is 2.06 bits per heavy atom. The van der Waals surface area contributed by atoms with Gasteiger partial charge in [0.2, 0.25) is 0 Å². The van der Waals surface area contributed by atoms with E-state index in [4.69, 9.17) is 4.98 Å². The molecule has 1 aromatic heterocycles. The summed E-state index contributed by atoms with van der Waals surface area (Å²) in [5, 5.41) is 0. The van der Waals surface area contributed by atoms with Gasteiger partial charge in [-0.1, -0.05) is 54.6 Å². The first kappa shape index (κ1) is 22.2. The Labute approximate surface area is 196 Å². The molecule has 0 aliphatic carbocycles. The third-order valence-electron chi connectivity index (χ3n) is 6.12. The average molecular weight is 463 g/mol. The molecule has 0 N–H and O–H groups in total. The van der Waals surface area contributed by atoms with Crippen LogP contribution < -0.4 is 4.90 Å². The van der Waals surface area contributed by atoms with Crippen LogP contribution in [-0.4, -0.2) is 40.6 Å². The number of para-hydroxylation sites is 1. The highest BCUT2D eigenvalue weighted by molar-refractivity contribution is 5.59. The molecule has 1 aliphatic heterocycles. The maximum Gasteiger partial charge on any atom is 0.416 e. The average Bonchev–Trinajstić information content (AvgIpc) is 3.29. The van der Waals surface area contributed by atoms with Crippen molar-refractivity contribution < 1.29 is 13.2 Å². The summed E-state index contributed by atoms with van der Waals surface area (Å²) in [6.45, 7) is 3.55. The molecule has 0 amide bonds. The lowest BCUT2D eigenvalue weighted by atomic mass is 10.1. The lowest BCUT2D eigenvalue weighted by Crippen LogP contribution is -2.46. The molecule has 34 heavy (non-hydrogen) atoms. The van der Waals surface area contributed by atoms with E-state index in [-0.39, 0.29) is 0 Å². The molecule has 0 bridgehead atoms. The Kier molecular flexibility index (Phi) is 6.11. The summed E-state index contributed by atoms with van der Waals surface area (Å²) in [6.07, 6.45) is -2.25. The first-order valence-electron chi connectivity index (χ1n) is 11.3. The zero-order valence-corrected chi connectivity index (χ0v) is 18.6. The van der Waals surface area contributed by atoms with E-state index >= 15 is 0 Å². The maximum atomic E-state index is 13.1. The number of imidazole rings is 1. The Morgan fingerprint density at radius 1 is 0.735 bits per heavy atom. The van der Waals surface area contributed by atoms with E-state index in [1.54, 1.807) is 6.07 Å². The molecule has 5 rings (SSSR count). The van der Waals surface area contributed by atoms with Crippen LogP contribution in [0.3, 0.4) is 0 Å². The molecule has 0 atom stereocenters. The predicted octanol–water partition coefficient (Wildman–Crippen LogP) is 5.88. The Balaban J connectivity index is 1.31.